The molecular weight excluding hydrogens is 286 g/mol. The smallest absolute Gasteiger partial charge is 0.313 e. The lowest BCUT2D eigenvalue weighted by atomic mass is 9.98. The van der Waals surface area contributed by atoms with Gasteiger partial charge in [0.2, 0.25) is 0 Å². The van der Waals surface area contributed by atoms with Crippen molar-refractivity contribution in [2.75, 3.05) is 5.75 Å². The normalized spacial score (nSPS) is 12.3. The third-order valence-corrected chi connectivity index (χ3v) is 4.33. The van der Waals surface area contributed by atoms with Crippen molar-refractivity contribution in [1.29, 1.82) is 0 Å². The van der Waals surface area contributed by atoms with Gasteiger partial charge < -0.3 is 9.67 Å². The van der Waals surface area contributed by atoms with Gasteiger partial charge in [0.25, 0.3) is 0 Å². The third kappa shape index (κ3) is 4.32. The summed E-state index contributed by atoms with van der Waals surface area (Å²) in [4.78, 5) is 10.7. The lowest BCUT2D eigenvalue weighted by Gasteiger charge is -2.13. The van der Waals surface area contributed by atoms with Crippen molar-refractivity contribution in [2.45, 2.75) is 37.9 Å². The summed E-state index contributed by atoms with van der Waals surface area (Å²) in [5.74, 6) is 0.421. The molecule has 0 aliphatic rings. The van der Waals surface area contributed by atoms with Gasteiger partial charge in [-0.05, 0) is 24.8 Å². The van der Waals surface area contributed by atoms with Gasteiger partial charge in [-0.1, -0.05) is 49.0 Å². The Labute approximate surface area is 128 Å². The zero-order valence-corrected chi connectivity index (χ0v) is 13.0. The minimum Gasteiger partial charge on any atom is -0.481 e. The van der Waals surface area contributed by atoms with Crippen molar-refractivity contribution < 1.29 is 9.90 Å². The summed E-state index contributed by atoms with van der Waals surface area (Å²) >= 11 is 1.21. The number of aromatic nitrogens is 3. The molecule has 0 bridgehead atoms. The lowest BCUT2D eigenvalue weighted by molar-refractivity contribution is -0.133. The fourth-order valence-electron chi connectivity index (χ4n) is 2.12. The highest BCUT2D eigenvalue weighted by atomic mass is 32.2. The molecule has 0 spiro atoms. The predicted octanol–water partition coefficient (Wildman–Crippen LogP) is 2.96. The molecule has 2 rings (SSSR count). The Hall–Kier alpha value is -1.82. The summed E-state index contributed by atoms with van der Waals surface area (Å²) in [6.45, 7) is 4.88. The third-order valence-electron chi connectivity index (χ3n) is 3.38. The molecule has 0 aliphatic heterocycles. The fraction of sp³-hybridized carbons (Fsp3) is 0.400. The van der Waals surface area contributed by atoms with E-state index in [0.29, 0.717) is 11.1 Å². The zero-order chi connectivity index (χ0) is 15.2. The first-order valence-corrected chi connectivity index (χ1v) is 7.86. The molecule has 0 saturated carbocycles. The molecular formula is C15H19N3O2S. The van der Waals surface area contributed by atoms with Gasteiger partial charge >= 0.3 is 5.97 Å². The van der Waals surface area contributed by atoms with Crippen LogP contribution in [0.2, 0.25) is 0 Å². The van der Waals surface area contributed by atoms with Crippen molar-refractivity contribution in [3.8, 4) is 0 Å². The molecule has 1 heterocycles. The van der Waals surface area contributed by atoms with Crippen LogP contribution < -0.4 is 0 Å². The molecule has 21 heavy (non-hydrogen) atoms. The Kier molecular flexibility index (Phi) is 5.38. The van der Waals surface area contributed by atoms with Gasteiger partial charge in [0, 0.05) is 6.54 Å². The summed E-state index contributed by atoms with van der Waals surface area (Å²) in [5.41, 5.74) is 1.31. The van der Waals surface area contributed by atoms with E-state index in [9.17, 15) is 4.79 Å². The van der Waals surface area contributed by atoms with Crippen molar-refractivity contribution >= 4 is 17.7 Å². The molecule has 2 aromatic rings. The average Bonchev–Trinajstić information content (AvgIpc) is 2.84. The molecule has 0 saturated heterocycles. The van der Waals surface area contributed by atoms with E-state index in [1.165, 1.54) is 17.3 Å². The Morgan fingerprint density at radius 1 is 1.33 bits per heavy atom. The lowest BCUT2D eigenvalue weighted by Crippen LogP contribution is -2.07. The first kappa shape index (κ1) is 15.6. The van der Waals surface area contributed by atoms with Gasteiger partial charge in [-0.15, -0.1) is 10.2 Å². The molecule has 6 heteroatoms. The van der Waals surface area contributed by atoms with Crippen molar-refractivity contribution in [2.24, 2.45) is 0 Å². The second kappa shape index (κ2) is 7.26. The summed E-state index contributed by atoms with van der Waals surface area (Å²) in [5, 5.41) is 17.5. The molecule has 5 nitrogen and oxygen atoms in total. The van der Waals surface area contributed by atoms with Crippen LogP contribution in [0.25, 0.3) is 0 Å². The number of rotatable bonds is 7. The van der Waals surface area contributed by atoms with Gasteiger partial charge in [0.05, 0.1) is 5.75 Å². The minimum atomic E-state index is -0.843. The summed E-state index contributed by atoms with van der Waals surface area (Å²) in [6.07, 6.45) is 0.962. The van der Waals surface area contributed by atoms with Crippen LogP contribution in [-0.2, 0) is 11.3 Å². The number of aliphatic carboxylic acids is 1. The number of carboxylic acids is 1. The largest absolute Gasteiger partial charge is 0.481 e. The molecule has 1 unspecified atom stereocenters. The van der Waals surface area contributed by atoms with Gasteiger partial charge in [-0.2, -0.15) is 0 Å². The maximum absolute atomic E-state index is 10.7. The number of carbonyl (C=O) groups is 1. The van der Waals surface area contributed by atoms with Crippen LogP contribution in [0.5, 0.6) is 0 Å². The van der Waals surface area contributed by atoms with E-state index < -0.39 is 5.97 Å². The topological polar surface area (TPSA) is 68.0 Å². The number of nitrogens with zero attached hydrogens (tertiary/aromatic N) is 3. The monoisotopic (exact) mass is 305 g/mol. The summed E-state index contributed by atoms with van der Waals surface area (Å²) < 4.78 is 1.99. The van der Waals surface area contributed by atoms with E-state index in [0.717, 1.165) is 18.8 Å². The highest BCUT2D eigenvalue weighted by Crippen LogP contribution is 2.22. The SMILES string of the molecule is Cc1nnc(SCC(=O)O)n1CCC(C)c1ccccc1. The Balaban J connectivity index is 1.99. The summed E-state index contributed by atoms with van der Waals surface area (Å²) in [6, 6.07) is 10.4. The highest BCUT2D eigenvalue weighted by molar-refractivity contribution is 7.99. The van der Waals surface area contributed by atoms with Crippen molar-refractivity contribution in [1.82, 2.24) is 14.8 Å². The second-order valence-corrected chi connectivity index (χ2v) is 5.91. The van der Waals surface area contributed by atoms with Gasteiger partial charge in [-0.3, -0.25) is 4.79 Å². The average molecular weight is 305 g/mol. The van der Waals surface area contributed by atoms with E-state index in [-0.39, 0.29) is 5.75 Å². The molecule has 1 atom stereocenters. The summed E-state index contributed by atoms with van der Waals surface area (Å²) in [7, 11) is 0. The number of thioether (sulfide) groups is 1. The highest BCUT2D eigenvalue weighted by Gasteiger charge is 2.13. The number of hydrogen-bond donors (Lipinski definition) is 1. The number of benzene rings is 1. The predicted molar refractivity (Wildman–Crippen MR) is 82.6 cm³/mol. The molecule has 0 fully saturated rings. The molecule has 0 aliphatic carbocycles. The quantitative estimate of drug-likeness (QED) is 0.797. The molecule has 0 amide bonds. The van der Waals surface area contributed by atoms with Crippen LogP contribution in [0.4, 0.5) is 0 Å². The minimum absolute atomic E-state index is 0.00632. The first-order chi connectivity index (χ1) is 10.1. The first-order valence-electron chi connectivity index (χ1n) is 6.87. The number of hydrogen-bond acceptors (Lipinski definition) is 4. The second-order valence-electron chi connectivity index (χ2n) is 4.96. The van der Waals surface area contributed by atoms with Gasteiger partial charge in [-0.25, -0.2) is 0 Å². The maximum atomic E-state index is 10.7. The molecule has 112 valence electrons. The van der Waals surface area contributed by atoms with Crippen LogP contribution in [0.1, 0.15) is 30.7 Å². The molecule has 0 radical (unpaired) electrons. The number of aryl methyl sites for hydroxylation is 1. The van der Waals surface area contributed by atoms with E-state index in [4.69, 9.17) is 5.11 Å². The van der Waals surface area contributed by atoms with Crippen LogP contribution in [0, 0.1) is 6.92 Å². The van der Waals surface area contributed by atoms with Crippen LogP contribution in [-0.4, -0.2) is 31.6 Å². The van der Waals surface area contributed by atoms with E-state index in [2.05, 4.69) is 29.3 Å². The van der Waals surface area contributed by atoms with Crippen LogP contribution >= 0.6 is 11.8 Å². The maximum Gasteiger partial charge on any atom is 0.313 e. The van der Waals surface area contributed by atoms with Crippen molar-refractivity contribution in [3.63, 3.8) is 0 Å². The van der Waals surface area contributed by atoms with Crippen LogP contribution in [0.3, 0.4) is 0 Å². The molecule has 1 aromatic carbocycles. The zero-order valence-electron chi connectivity index (χ0n) is 12.2. The Morgan fingerprint density at radius 2 is 2.05 bits per heavy atom. The van der Waals surface area contributed by atoms with Gasteiger partial charge in [0.15, 0.2) is 5.16 Å². The Bertz CT molecular complexity index is 598. The molecule has 1 aromatic heterocycles. The fourth-order valence-corrected chi connectivity index (χ4v) is 2.85. The van der Waals surface area contributed by atoms with Gasteiger partial charge in [0.1, 0.15) is 5.82 Å². The molecule has 1 N–H and O–H groups in total. The van der Waals surface area contributed by atoms with Crippen LogP contribution in [0.15, 0.2) is 35.5 Å². The number of carboxylic acid groups (broad SMARTS) is 1. The van der Waals surface area contributed by atoms with E-state index in [1.807, 2.05) is 29.7 Å². The van der Waals surface area contributed by atoms with E-state index in [1.54, 1.807) is 0 Å². The van der Waals surface area contributed by atoms with E-state index >= 15 is 0 Å². The van der Waals surface area contributed by atoms with Crippen molar-refractivity contribution in [3.05, 3.63) is 41.7 Å². The standard InChI is InChI=1S/C15H19N3O2S/c1-11(13-6-4-3-5-7-13)8-9-18-12(2)16-17-15(18)21-10-14(19)20/h3-7,11H,8-10H2,1-2H3,(H,19,20). The Morgan fingerprint density at radius 3 is 2.71 bits per heavy atom.